The van der Waals surface area contributed by atoms with Gasteiger partial charge < -0.3 is 10.5 Å². The Hall–Kier alpha value is -1.95. The molecule has 2 aromatic carbocycles. The molecule has 0 amide bonds. The first-order valence-electron chi connectivity index (χ1n) is 5.80. The van der Waals surface area contributed by atoms with Gasteiger partial charge in [-0.2, -0.15) is 13.2 Å². The topological polar surface area (TPSA) is 35.2 Å². The monoisotopic (exact) mass is 319 g/mol. The molecule has 112 valence electrons. The summed E-state index contributed by atoms with van der Waals surface area (Å²) in [7, 11) is 0. The fourth-order valence-electron chi connectivity index (χ4n) is 1.74. The molecule has 0 radical (unpaired) electrons. The summed E-state index contributed by atoms with van der Waals surface area (Å²) in [5.74, 6) is -0.586. The third-order valence-corrected chi connectivity index (χ3v) is 2.90. The van der Waals surface area contributed by atoms with Crippen LogP contribution in [-0.4, -0.2) is 12.8 Å². The van der Waals surface area contributed by atoms with Crippen LogP contribution in [0.25, 0.3) is 11.1 Å². The van der Waals surface area contributed by atoms with Gasteiger partial charge in [-0.05, 0) is 35.9 Å². The van der Waals surface area contributed by atoms with Gasteiger partial charge in [-0.15, -0.1) is 0 Å². The van der Waals surface area contributed by atoms with Crippen molar-refractivity contribution < 1.29 is 22.3 Å². The lowest BCUT2D eigenvalue weighted by Crippen LogP contribution is -2.19. The van der Waals surface area contributed by atoms with Crippen LogP contribution in [0.4, 0.5) is 23.2 Å². The van der Waals surface area contributed by atoms with Crippen LogP contribution in [-0.2, 0) is 0 Å². The zero-order valence-electron chi connectivity index (χ0n) is 10.5. The van der Waals surface area contributed by atoms with Gasteiger partial charge in [-0.3, -0.25) is 0 Å². The maximum absolute atomic E-state index is 13.3. The van der Waals surface area contributed by atoms with Crippen molar-refractivity contribution in [3.8, 4) is 16.9 Å². The predicted octanol–water partition coefficient (Wildman–Crippen LogP) is 4.67. The Morgan fingerprint density at radius 2 is 1.81 bits per heavy atom. The number of alkyl halides is 3. The lowest BCUT2D eigenvalue weighted by molar-refractivity contribution is -0.153. The molecule has 0 atom stereocenters. The number of hydrogen-bond donors (Lipinski definition) is 1. The van der Waals surface area contributed by atoms with Gasteiger partial charge in [-0.1, -0.05) is 11.6 Å². The molecule has 7 heteroatoms. The molecule has 0 saturated heterocycles. The van der Waals surface area contributed by atoms with Gasteiger partial charge >= 0.3 is 6.18 Å². The third-order valence-electron chi connectivity index (χ3n) is 2.57. The SMILES string of the molecule is Nc1cc(OCC(F)(F)F)cc(-c2cc(F)ccc2Cl)c1. The summed E-state index contributed by atoms with van der Waals surface area (Å²) in [6.07, 6.45) is -4.46. The van der Waals surface area contributed by atoms with Gasteiger partial charge in [-0.25, -0.2) is 4.39 Å². The lowest BCUT2D eigenvalue weighted by atomic mass is 10.0. The molecule has 21 heavy (non-hydrogen) atoms. The molecule has 0 aliphatic heterocycles. The average molecular weight is 320 g/mol. The first-order chi connectivity index (χ1) is 9.74. The van der Waals surface area contributed by atoms with Crippen molar-refractivity contribution in [2.45, 2.75) is 6.18 Å². The van der Waals surface area contributed by atoms with E-state index in [1.807, 2.05) is 0 Å². The number of nitrogen functional groups attached to an aromatic ring is 1. The molecular formula is C14H10ClF4NO. The second kappa shape index (κ2) is 5.81. The van der Waals surface area contributed by atoms with Gasteiger partial charge in [0, 0.05) is 22.3 Å². The number of hydrogen-bond acceptors (Lipinski definition) is 2. The molecular weight excluding hydrogens is 310 g/mol. The fraction of sp³-hybridized carbons (Fsp3) is 0.143. The maximum Gasteiger partial charge on any atom is 0.422 e. The number of benzene rings is 2. The molecule has 0 spiro atoms. The second-order valence-electron chi connectivity index (χ2n) is 4.32. The van der Waals surface area contributed by atoms with E-state index in [9.17, 15) is 17.6 Å². The summed E-state index contributed by atoms with van der Waals surface area (Å²) in [5.41, 5.74) is 6.50. The third kappa shape index (κ3) is 4.26. The van der Waals surface area contributed by atoms with Crippen LogP contribution in [0.3, 0.4) is 0 Å². The van der Waals surface area contributed by atoms with Gasteiger partial charge in [0.2, 0.25) is 0 Å². The Bertz CT molecular complexity index is 658. The van der Waals surface area contributed by atoms with Crippen molar-refractivity contribution in [1.29, 1.82) is 0 Å². The van der Waals surface area contributed by atoms with Gasteiger partial charge in [0.05, 0.1) is 0 Å². The smallest absolute Gasteiger partial charge is 0.422 e. The molecule has 2 nitrogen and oxygen atoms in total. The molecule has 0 aliphatic carbocycles. The van der Waals surface area contributed by atoms with Crippen LogP contribution in [0.15, 0.2) is 36.4 Å². The zero-order valence-corrected chi connectivity index (χ0v) is 11.3. The number of rotatable bonds is 3. The minimum Gasteiger partial charge on any atom is -0.484 e. The van der Waals surface area contributed by atoms with Crippen LogP contribution in [0, 0.1) is 5.82 Å². The minimum absolute atomic E-state index is 0.0670. The van der Waals surface area contributed by atoms with Crippen molar-refractivity contribution >= 4 is 17.3 Å². The highest BCUT2D eigenvalue weighted by atomic mass is 35.5. The van der Waals surface area contributed by atoms with E-state index in [2.05, 4.69) is 4.74 Å². The Labute approximate surface area is 123 Å². The first-order valence-corrected chi connectivity index (χ1v) is 6.18. The molecule has 0 saturated carbocycles. The first kappa shape index (κ1) is 15.4. The van der Waals surface area contributed by atoms with Gasteiger partial charge in [0.15, 0.2) is 6.61 Å². The van der Waals surface area contributed by atoms with E-state index in [-0.39, 0.29) is 16.5 Å². The standard InChI is InChI=1S/C14H10ClF4NO/c15-13-2-1-9(16)5-12(13)8-3-10(20)6-11(4-8)21-7-14(17,18)19/h1-6H,7,20H2. The van der Waals surface area contributed by atoms with Crippen LogP contribution in [0.5, 0.6) is 5.75 Å². The van der Waals surface area contributed by atoms with Crippen molar-refractivity contribution in [2.75, 3.05) is 12.3 Å². The molecule has 0 unspecified atom stereocenters. The highest BCUT2D eigenvalue weighted by Gasteiger charge is 2.28. The fourth-order valence-corrected chi connectivity index (χ4v) is 1.97. The Morgan fingerprint density at radius 1 is 1.10 bits per heavy atom. The molecule has 0 fully saturated rings. The van der Waals surface area contributed by atoms with E-state index in [1.165, 1.54) is 36.4 Å². The molecule has 2 rings (SSSR count). The van der Waals surface area contributed by atoms with E-state index >= 15 is 0 Å². The molecule has 0 heterocycles. The van der Waals surface area contributed by atoms with E-state index < -0.39 is 18.6 Å². The number of ether oxygens (including phenoxy) is 1. The van der Waals surface area contributed by atoms with E-state index in [0.717, 1.165) is 0 Å². The lowest BCUT2D eigenvalue weighted by Gasteiger charge is -2.12. The Balaban J connectivity index is 2.37. The van der Waals surface area contributed by atoms with Crippen LogP contribution >= 0.6 is 11.6 Å². The summed E-state index contributed by atoms with van der Waals surface area (Å²) >= 11 is 5.96. The summed E-state index contributed by atoms with van der Waals surface area (Å²) in [4.78, 5) is 0. The second-order valence-corrected chi connectivity index (χ2v) is 4.73. The van der Waals surface area contributed by atoms with Crippen LogP contribution in [0.2, 0.25) is 5.02 Å². The molecule has 2 aromatic rings. The van der Waals surface area contributed by atoms with Crippen LogP contribution in [0.1, 0.15) is 0 Å². The minimum atomic E-state index is -4.46. The zero-order chi connectivity index (χ0) is 15.6. The van der Waals surface area contributed by atoms with Crippen molar-refractivity contribution in [1.82, 2.24) is 0 Å². The summed E-state index contributed by atoms with van der Waals surface area (Å²) in [6.45, 7) is -1.44. The molecule has 0 aromatic heterocycles. The number of anilines is 1. The van der Waals surface area contributed by atoms with Crippen molar-refractivity contribution in [2.24, 2.45) is 0 Å². The molecule has 2 N–H and O–H groups in total. The van der Waals surface area contributed by atoms with E-state index in [4.69, 9.17) is 17.3 Å². The average Bonchev–Trinajstić information content (AvgIpc) is 2.38. The van der Waals surface area contributed by atoms with E-state index in [1.54, 1.807) is 0 Å². The molecule has 0 aliphatic rings. The molecule has 0 bridgehead atoms. The summed E-state index contributed by atoms with van der Waals surface area (Å²) < 4.78 is 54.4. The number of nitrogens with two attached hydrogens (primary N) is 1. The van der Waals surface area contributed by atoms with Crippen molar-refractivity contribution in [3.63, 3.8) is 0 Å². The highest BCUT2D eigenvalue weighted by molar-refractivity contribution is 6.33. The van der Waals surface area contributed by atoms with Gasteiger partial charge in [0.25, 0.3) is 0 Å². The van der Waals surface area contributed by atoms with Crippen molar-refractivity contribution in [3.05, 3.63) is 47.2 Å². The van der Waals surface area contributed by atoms with Crippen LogP contribution < -0.4 is 10.5 Å². The van der Waals surface area contributed by atoms with Gasteiger partial charge in [0.1, 0.15) is 11.6 Å². The quantitative estimate of drug-likeness (QED) is 0.659. The Morgan fingerprint density at radius 3 is 2.48 bits per heavy atom. The Kier molecular flexibility index (Phi) is 4.27. The maximum atomic E-state index is 13.3. The largest absolute Gasteiger partial charge is 0.484 e. The predicted molar refractivity (Wildman–Crippen MR) is 72.8 cm³/mol. The number of halogens is 5. The van der Waals surface area contributed by atoms with E-state index in [0.29, 0.717) is 11.1 Å². The normalized spacial score (nSPS) is 11.5. The summed E-state index contributed by atoms with van der Waals surface area (Å²) in [5, 5.41) is 0.253. The highest BCUT2D eigenvalue weighted by Crippen LogP contribution is 2.33. The summed E-state index contributed by atoms with van der Waals surface area (Å²) in [6, 6.07) is 7.75.